The molecule has 0 fully saturated rings. The maximum Gasteiger partial charge on any atom is 0.224 e. The van der Waals surface area contributed by atoms with Crippen molar-refractivity contribution in [1.29, 1.82) is 0 Å². The second kappa shape index (κ2) is 7.28. The van der Waals surface area contributed by atoms with Crippen LogP contribution < -0.4 is 11.1 Å². The largest absolute Gasteiger partial charge is 0.397 e. The van der Waals surface area contributed by atoms with Crippen LogP contribution in [0.3, 0.4) is 0 Å². The van der Waals surface area contributed by atoms with Gasteiger partial charge in [0, 0.05) is 9.99 Å². The number of nitrogens with one attached hydrogen (secondary N) is 1. The first kappa shape index (κ1) is 14.8. The standard InChI is InChI=1S/C16H17IN2O/c17-13-10-8-12(9-11-13)4-3-7-16(20)19-15-6-2-1-5-14(15)18/h1-2,5-6,8-11H,3-4,7,18H2,(H,19,20). The average Bonchev–Trinajstić information content (AvgIpc) is 2.44. The van der Waals surface area contributed by atoms with E-state index in [4.69, 9.17) is 5.73 Å². The van der Waals surface area contributed by atoms with E-state index in [0.29, 0.717) is 17.8 Å². The fraction of sp³-hybridized carbons (Fsp3) is 0.188. The molecule has 0 atom stereocenters. The second-order valence-corrected chi connectivity index (χ2v) is 5.86. The summed E-state index contributed by atoms with van der Waals surface area (Å²) < 4.78 is 1.23. The molecule has 3 nitrogen and oxygen atoms in total. The van der Waals surface area contributed by atoms with E-state index in [1.165, 1.54) is 9.13 Å². The van der Waals surface area contributed by atoms with E-state index in [1.54, 1.807) is 6.07 Å². The van der Waals surface area contributed by atoms with Crippen LogP contribution in [-0.4, -0.2) is 5.91 Å². The van der Waals surface area contributed by atoms with Gasteiger partial charge in [-0.3, -0.25) is 4.79 Å². The summed E-state index contributed by atoms with van der Waals surface area (Å²) in [5.41, 5.74) is 8.33. The Kier molecular flexibility index (Phi) is 5.40. The molecular formula is C16H17IN2O. The summed E-state index contributed by atoms with van der Waals surface area (Å²) in [6, 6.07) is 15.7. The van der Waals surface area contributed by atoms with Gasteiger partial charge in [0.2, 0.25) is 5.91 Å². The van der Waals surface area contributed by atoms with Crippen molar-refractivity contribution in [3.8, 4) is 0 Å². The molecule has 0 saturated heterocycles. The number of aryl methyl sites for hydroxylation is 1. The highest BCUT2D eigenvalue weighted by Gasteiger charge is 2.04. The van der Waals surface area contributed by atoms with Gasteiger partial charge in [0.05, 0.1) is 11.4 Å². The highest BCUT2D eigenvalue weighted by molar-refractivity contribution is 14.1. The molecule has 104 valence electrons. The molecule has 0 spiro atoms. The first-order chi connectivity index (χ1) is 9.65. The number of halogens is 1. The van der Waals surface area contributed by atoms with Gasteiger partial charge in [0.25, 0.3) is 0 Å². The molecule has 0 aliphatic heterocycles. The third kappa shape index (κ3) is 4.52. The molecule has 1 amide bonds. The van der Waals surface area contributed by atoms with Crippen LogP contribution in [0.2, 0.25) is 0 Å². The lowest BCUT2D eigenvalue weighted by Gasteiger charge is -2.07. The van der Waals surface area contributed by atoms with E-state index >= 15 is 0 Å². The van der Waals surface area contributed by atoms with E-state index in [1.807, 2.05) is 18.2 Å². The Morgan fingerprint density at radius 1 is 1.10 bits per heavy atom. The average molecular weight is 380 g/mol. The molecule has 0 heterocycles. The maximum atomic E-state index is 11.8. The summed E-state index contributed by atoms with van der Waals surface area (Å²) in [5.74, 6) is 0.00779. The summed E-state index contributed by atoms with van der Waals surface area (Å²) in [4.78, 5) is 11.8. The van der Waals surface area contributed by atoms with Crippen molar-refractivity contribution in [2.24, 2.45) is 0 Å². The summed E-state index contributed by atoms with van der Waals surface area (Å²) in [5, 5.41) is 2.84. The van der Waals surface area contributed by atoms with Crippen LogP contribution in [0.1, 0.15) is 18.4 Å². The number of nitrogens with two attached hydrogens (primary N) is 1. The fourth-order valence-electron chi connectivity index (χ4n) is 1.93. The first-order valence-electron chi connectivity index (χ1n) is 6.54. The number of para-hydroxylation sites is 2. The predicted molar refractivity (Wildman–Crippen MR) is 91.6 cm³/mol. The Morgan fingerprint density at radius 3 is 2.50 bits per heavy atom. The van der Waals surface area contributed by atoms with E-state index in [9.17, 15) is 4.79 Å². The van der Waals surface area contributed by atoms with Crippen molar-refractivity contribution in [2.75, 3.05) is 11.1 Å². The van der Waals surface area contributed by atoms with Gasteiger partial charge < -0.3 is 11.1 Å². The van der Waals surface area contributed by atoms with Crippen molar-refractivity contribution in [2.45, 2.75) is 19.3 Å². The molecule has 0 saturated carbocycles. The third-order valence-electron chi connectivity index (χ3n) is 3.02. The van der Waals surface area contributed by atoms with Crippen LogP contribution in [0.15, 0.2) is 48.5 Å². The van der Waals surface area contributed by atoms with E-state index in [-0.39, 0.29) is 5.91 Å². The Balaban J connectivity index is 1.78. The number of hydrogen-bond acceptors (Lipinski definition) is 2. The van der Waals surface area contributed by atoms with Crippen molar-refractivity contribution >= 4 is 39.9 Å². The van der Waals surface area contributed by atoms with Crippen LogP contribution in [0.5, 0.6) is 0 Å². The highest BCUT2D eigenvalue weighted by Crippen LogP contribution is 2.17. The molecule has 0 radical (unpaired) electrons. The number of nitrogen functional groups attached to an aromatic ring is 1. The lowest BCUT2D eigenvalue weighted by atomic mass is 10.1. The van der Waals surface area contributed by atoms with Gasteiger partial charge >= 0.3 is 0 Å². The number of benzene rings is 2. The zero-order valence-electron chi connectivity index (χ0n) is 11.1. The van der Waals surface area contributed by atoms with Gasteiger partial charge in [-0.1, -0.05) is 24.3 Å². The summed E-state index contributed by atoms with van der Waals surface area (Å²) in [7, 11) is 0. The van der Waals surface area contributed by atoms with Crippen LogP contribution in [-0.2, 0) is 11.2 Å². The first-order valence-corrected chi connectivity index (χ1v) is 7.62. The number of hydrogen-bond donors (Lipinski definition) is 2. The Bertz CT molecular complexity index is 581. The van der Waals surface area contributed by atoms with Crippen molar-refractivity contribution in [3.05, 3.63) is 57.7 Å². The summed E-state index contributed by atoms with van der Waals surface area (Å²) >= 11 is 2.28. The monoisotopic (exact) mass is 380 g/mol. The number of rotatable bonds is 5. The lowest BCUT2D eigenvalue weighted by molar-refractivity contribution is -0.116. The molecule has 0 aromatic heterocycles. The van der Waals surface area contributed by atoms with Gasteiger partial charge in [0.1, 0.15) is 0 Å². The van der Waals surface area contributed by atoms with E-state index < -0.39 is 0 Å². The quantitative estimate of drug-likeness (QED) is 0.612. The molecule has 0 unspecified atom stereocenters. The molecule has 20 heavy (non-hydrogen) atoms. The SMILES string of the molecule is Nc1ccccc1NC(=O)CCCc1ccc(I)cc1. The molecule has 2 rings (SSSR count). The molecule has 0 aliphatic carbocycles. The minimum absolute atomic E-state index is 0.00779. The van der Waals surface area contributed by atoms with Crippen LogP contribution in [0, 0.1) is 3.57 Å². The molecule has 3 N–H and O–H groups in total. The molecular weight excluding hydrogens is 363 g/mol. The maximum absolute atomic E-state index is 11.8. The zero-order valence-corrected chi connectivity index (χ0v) is 13.3. The minimum atomic E-state index is 0.00779. The van der Waals surface area contributed by atoms with Crippen LogP contribution in [0.4, 0.5) is 11.4 Å². The molecule has 4 heteroatoms. The second-order valence-electron chi connectivity index (χ2n) is 4.62. The smallest absolute Gasteiger partial charge is 0.224 e. The van der Waals surface area contributed by atoms with Crippen LogP contribution in [0.25, 0.3) is 0 Å². The Labute approximate surface area is 132 Å². The zero-order chi connectivity index (χ0) is 14.4. The predicted octanol–water partition coefficient (Wildman–Crippen LogP) is 3.83. The highest BCUT2D eigenvalue weighted by atomic mass is 127. The van der Waals surface area contributed by atoms with Crippen LogP contribution >= 0.6 is 22.6 Å². The Hall–Kier alpha value is -1.56. The van der Waals surface area contributed by atoms with Crippen molar-refractivity contribution < 1.29 is 4.79 Å². The molecule has 0 aliphatic rings. The summed E-state index contributed by atoms with van der Waals surface area (Å²) in [6.07, 6.45) is 2.24. The molecule has 0 bridgehead atoms. The van der Waals surface area contributed by atoms with Crippen molar-refractivity contribution in [1.82, 2.24) is 0 Å². The van der Waals surface area contributed by atoms with E-state index in [2.05, 4.69) is 52.2 Å². The van der Waals surface area contributed by atoms with Gasteiger partial charge in [0.15, 0.2) is 0 Å². The van der Waals surface area contributed by atoms with Crippen molar-refractivity contribution in [3.63, 3.8) is 0 Å². The Morgan fingerprint density at radius 2 is 1.80 bits per heavy atom. The fourth-order valence-corrected chi connectivity index (χ4v) is 2.29. The topological polar surface area (TPSA) is 55.1 Å². The normalized spacial score (nSPS) is 10.2. The van der Waals surface area contributed by atoms with Gasteiger partial charge in [-0.2, -0.15) is 0 Å². The van der Waals surface area contributed by atoms with Gasteiger partial charge in [-0.05, 0) is 65.3 Å². The lowest BCUT2D eigenvalue weighted by Crippen LogP contribution is -2.12. The third-order valence-corrected chi connectivity index (χ3v) is 3.74. The van der Waals surface area contributed by atoms with Gasteiger partial charge in [-0.15, -0.1) is 0 Å². The summed E-state index contributed by atoms with van der Waals surface area (Å²) in [6.45, 7) is 0. The van der Waals surface area contributed by atoms with Gasteiger partial charge in [-0.25, -0.2) is 0 Å². The number of anilines is 2. The molecule has 2 aromatic rings. The number of amides is 1. The number of carbonyl (C=O) groups excluding carboxylic acids is 1. The molecule has 2 aromatic carbocycles. The van der Waals surface area contributed by atoms with E-state index in [0.717, 1.165) is 12.8 Å². The number of carbonyl (C=O) groups is 1. The minimum Gasteiger partial charge on any atom is -0.397 e.